The van der Waals surface area contributed by atoms with Gasteiger partial charge in [0.25, 0.3) is 0 Å². The van der Waals surface area contributed by atoms with Gasteiger partial charge in [0.05, 0.1) is 5.56 Å². The summed E-state index contributed by atoms with van der Waals surface area (Å²) in [6.45, 7) is 4.42. The first-order valence-electron chi connectivity index (χ1n) is 13.3. The number of ether oxygens (including phenoxy) is 1. The van der Waals surface area contributed by atoms with Crippen LogP contribution in [-0.2, 0) is 19.4 Å². The van der Waals surface area contributed by atoms with Gasteiger partial charge in [0.15, 0.2) is 0 Å². The smallest absolute Gasteiger partial charge is 0.335 e. The van der Waals surface area contributed by atoms with Crippen LogP contribution in [0, 0.1) is 6.92 Å². The fraction of sp³-hybridized carbons (Fsp3) is 0.226. The van der Waals surface area contributed by atoms with Gasteiger partial charge in [-0.1, -0.05) is 74.0 Å². The fourth-order valence-electron chi connectivity index (χ4n) is 4.55. The fourth-order valence-corrected chi connectivity index (χ4v) is 4.55. The molecule has 0 amide bonds. The summed E-state index contributed by atoms with van der Waals surface area (Å²) in [5.74, 6) is 0.878. The molecule has 9 nitrogen and oxygen atoms in total. The Hall–Kier alpha value is -4.92. The number of unbranched alkanes of at least 4 members (excludes halogenated alkanes) is 1. The second-order valence-electron chi connectivity index (χ2n) is 9.56. The number of nitrogens with zero attached hydrogens (tertiary/aromatic N) is 5. The van der Waals surface area contributed by atoms with Gasteiger partial charge in [0.2, 0.25) is 11.7 Å². The lowest BCUT2D eigenvalue weighted by atomic mass is 9.98. The van der Waals surface area contributed by atoms with Gasteiger partial charge in [0, 0.05) is 29.7 Å². The second-order valence-corrected chi connectivity index (χ2v) is 9.56. The number of aryl methyl sites for hydroxylation is 2. The number of aromatic nitrogens is 6. The third-order valence-electron chi connectivity index (χ3n) is 6.68. The molecule has 3 aromatic carbocycles. The number of H-pyrrole nitrogens is 1. The van der Waals surface area contributed by atoms with Crippen molar-refractivity contribution in [2.24, 2.45) is 0 Å². The van der Waals surface area contributed by atoms with Crippen LogP contribution in [0.2, 0.25) is 0 Å². The van der Waals surface area contributed by atoms with E-state index in [1.165, 1.54) is 0 Å². The van der Waals surface area contributed by atoms with Crippen LogP contribution in [0.1, 0.15) is 58.3 Å². The largest absolute Gasteiger partial charge is 0.478 e. The number of benzene rings is 3. The lowest BCUT2D eigenvalue weighted by molar-refractivity contribution is 0.0696. The number of nitrogens with one attached hydrogen (secondary N) is 1. The van der Waals surface area contributed by atoms with Crippen molar-refractivity contribution in [3.63, 3.8) is 0 Å². The third kappa shape index (κ3) is 6.20. The molecule has 0 radical (unpaired) electrons. The van der Waals surface area contributed by atoms with E-state index < -0.39 is 5.97 Å². The summed E-state index contributed by atoms with van der Waals surface area (Å²) >= 11 is 0. The zero-order valence-corrected chi connectivity index (χ0v) is 22.5. The Morgan fingerprint density at radius 2 is 1.75 bits per heavy atom. The number of tetrazole rings is 1. The lowest BCUT2D eigenvalue weighted by Crippen LogP contribution is -2.09. The van der Waals surface area contributed by atoms with Crippen molar-refractivity contribution in [1.82, 2.24) is 30.6 Å². The minimum Gasteiger partial charge on any atom is -0.478 e. The maximum atomic E-state index is 11.5. The lowest BCUT2D eigenvalue weighted by Gasteiger charge is -2.15. The number of rotatable bonds is 11. The van der Waals surface area contributed by atoms with Gasteiger partial charge in [-0.05, 0) is 52.9 Å². The highest BCUT2D eigenvalue weighted by atomic mass is 16.5. The summed E-state index contributed by atoms with van der Waals surface area (Å²) in [5, 5.41) is 23.9. The van der Waals surface area contributed by atoms with E-state index in [4.69, 9.17) is 14.7 Å². The van der Waals surface area contributed by atoms with Gasteiger partial charge in [0.1, 0.15) is 12.4 Å². The van der Waals surface area contributed by atoms with Gasteiger partial charge in [-0.15, -0.1) is 10.2 Å². The van der Waals surface area contributed by atoms with Crippen LogP contribution in [0.3, 0.4) is 0 Å². The molecular formula is C31H30N6O3. The molecule has 5 rings (SSSR count). The Morgan fingerprint density at radius 3 is 2.48 bits per heavy atom. The minimum atomic E-state index is -0.954. The molecule has 0 spiro atoms. The average Bonchev–Trinajstić information content (AvgIpc) is 3.52. The van der Waals surface area contributed by atoms with Crippen LogP contribution in [0.15, 0.2) is 72.8 Å². The highest BCUT2D eigenvalue weighted by Gasteiger charge is 2.16. The molecule has 0 saturated heterocycles. The highest BCUT2D eigenvalue weighted by Crippen LogP contribution is 2.30. The summed E-state index contributed by atoms with van der Waals surface area (Å²) in [6.07, 6.45) is 3.29. The number of carbonyl (C=O) groups is 1. The molecule has 0 atom stereocenters. The van der Waals surface area contributed by atoms with E-state index in [1.807, 2.05) is 61.5 Å². The van der Waals surface area contributed by atoms with E-state index in [-0.39, 0.29) is 5.56 Å². The molecule has 5 aromatic rings. The summed E-state index contributed by atoms with van der Waals surface area (Å²) in [4.78, 5) is 21.0. The maximum absolute atomic E-state index is 11.5. The van der Waals surface area contributed by atoms with Crippen LogP contribution < -0.4 is 4.74 Å². The molecule has 202 valence electrons. The molecule has 0 bridgehead atoms. The van der Waals surface area contributed by atoms with Gasteiger partial charge in [-0.3, -0.25) is 0 Å². The standard InChI is InChI=1S/C31H30N6O3/c1-3-4-12-28-32-20(2)27(18-22-8-7-9-24(17-22)31(38)39)30(33-28)40-19-21-13-15-23(16-14-21)25-10-5-6-11-26(25)29-34-36-37-35-29/h5-11,13-17H,3-4,12,18-19H2,1-2H3,(H,38,39)(H,34,35,36,37). The van der Waals surface area contributed by atoms with Gasteiger partial charge in [-0.2, -0.15) is 10.2 Å². The molecule has 40 heavy (non-hydrogen) atoms. The van der Waals surface area contributed by atoms with Crippen LogP contribution in [-0.4, -0.2) is 41.7 Å². The van der Waals surface area contributed by atoms with Crippen LogP contribution in [0.25, 0.3) is 22.5 Å². The number of carboxylic acid groups (broad SMARTS) is 1. The van der Waals surface area contributed by atoms with Crippen molar-refractivity contribution < 1.29 is 14.6 Å². The van der Waals surface area contributed by atoms with Crippen molar-refractivity contribution in [1.29, 1.82) is 0 Å². The molecule has 0 aliphatic rings. The maximum Gasteiger partial charge on any atom is 0.335 e. The van der Waals surface area contributed by atoms with Crippen molar-refractivity contribution in [3.05, 3.63) is 107 Å². The molecule has 2 heterocycles. The summed E-state index contributed by atoms with van der Waals surface area (Å²) in [5.41, 5.74) is 6.73. The summed E-state index contributed by atoms with van der Waals surface area (Å²) < 4.78 is 6.30. The van der Waals surface area contributed by atoms with E-state index in [9.17, 15) is 9.90 Å². The SMILES string of the molecule is CCCCc1nc(C)c(Cc2cccc(C(=O)O)c2)c(OCc2ccc(-c3ccccc3-c3nn[nH]n3)cc2)n1. The first kappa shape index (κ1) is 26.7. The van der Waals surface area contributed by atoms with Gasteiger partial charge >= 0.3 is 5.97 Å². The van der Waals surface area contributed by atoms with Crippen molar-refractivity contribution >= 4 is 5.97 Å². The number of hydrogen-bond acceptors (Lipinski definition) is 7. The average molecular weight is 535 g/mol. The summed E-state index contributed by atoms with van der Waals surface area (Å²) in [6, 6.07) is 23.0. The minimum absolute atomic E-state index is 0.249. The molecule has 0 saturated carbocycles. The van der Waals surface area contributed by atoms with Crippen LogP contribution in [0.5, 0.6) is 5.88 Å². The number of aromatic amines is 1. The Balaban J connectivity index is 1.38. The number of aromatic carboxylic acids is 1. The molecule has 0 unspecified atom stereocenters. The van der Waals surface area contributed by atoms with Gasteiger partial charge in [-0.25, -0.2) is 9.78 Å². The van der Waals surface area contributed by atoms with E-state index in [0.29, 0.717) is 24.7 Å². The number of carboxylic acids is 1. The normalized spacial score (nSPS) is 10.9. The first-order valence-corrected chi connectivity index (χ1v) is 13.3. The van der Waals surface area contributed by atoms with E-state index in [0.717, 1.165) is 64.2 Å². The highest BCUT2D eigenvalue weighted by molar-refractivity contribution is 5.87. The predicted octanol–water partition coefficient (Wildman–Crippen LogP) is 5.84. The Labute approximate surface area is 232 Å². The Morgan fingerprint density at radius 1 is 0.950 bits per heavy atom. The Bertz CT molecular complexity index is 1600. The number of hydrogen-bond donors (Lipinski definition) is 2. The van der Waals surface area contributed by atoms with E-state index in [2.05, 4.69) is 27.5 Å². The second kappa shape index (κ2) is 12.3. The zero-order valence-electron chi connectivity index (χ0n) is 22.5. The van der Waals surface area contributed by atoms with E-state index in [1.54, 1.807) is 18.2 Å². The zero-order chi connectivity index (χ0) is 27.9. The molecule has 9 heteroatoms. The molecular weight excluding hydrogens is 504 g/mol. The van der Waals surface area contributed by atoms with Crippen LogP contribution >= 0.6 is 0 Å². The van der Waals surface area contributed by atoms with Crippen molar-refractivity contribution in [2.75, 3.05) is 0 Å². The topological polar surface area (TPSA) is 127 Å². The first-order chi connectivity index (χ1) is 19.5. The van der Waals surface area contributed by atoms with Crippen LogP contribution in [0.4, 0.5) is 0 Å². The molecule has 0 fully saturated rings. The van der Waals surface area contributed by atoms with E-state index >= 15 is 0 Å². The molecule has 0 aliphatic carbocycles. The summed E-state index contributed by atoms with van der Waals surface area (Å²) in [7, 11) is 0. The monoisotopic (exact) mass is 534 g/mol. The predicted molar refractivity (Wildman–Crippen MR) is 151 cm³/mol. The van der Waals surface area contributed by atoms with Gasteiger partial charge < -0.3 is 9.84 Å². The van der Waals surface area contributed by atoms with Crippen molar-refractivity contribution in [3.8, 4) is 28.4 Å². The van der Waals surface area contributed by atoms with Crippen molar-refractivity contribution in [2.45, 2.75) is 46.1 Å². The molecule has 2 N–H and O–H groups in total. The Kier molecular flexibility index (Phi) is 8.20. The quantitative estimate of drug-likeness (QED) is 0.216. The third-order valence-corrected chi connectivity index (χ3v) is 6.68. The molecule has 0 aliphatic heterocycles. The molecule has 2 aromatic heterocycles.